The molecule has 2 rings (SSSR count). The molecule has 2 heteroatoms. The van der Waals surface area contributed by atoms with Gasteiger partial charge in [0.05, 0.1) is 0 Å². The van der Waals surface area contributed by atoms with Crippen molar-refractivity contribution in [1.29, 1.82) is 0 Å². The van der Waals surface area contributed by atoms with Crippen LogP contribution in [0.1, 0.15) is 59.8 Å². The van der Waals surface area contributed by atoms with Gasteiger partial charge in [0.15, 0.2) is 0 Å². The molecule has 2 aliphatic carbocycles. The van der Waals surface area contributed by atoms with Crippen LogP contribution >= 0.6 is 0 Å². The van der Waals surface area contributed by atoms with Gasteiger partial charge >= 0.3 is 0 Å². The van der Waals surface area contributed by atoms with Crippen LogP contribution in [0.4, 0.5) is 0 Å². The standard InChI is InChI=1S/C18H36N2/c1-5-18(4,13-19-10-15(2)3)14-20(11-16-6-7-16)12-17-8-9-17/h15-17,19H,5-14H2,1-4H3. The van der Waals surface area contributed by atoms with Crippen LogP contribution < -0.4 is 5.32 Å². The van der Waals surface area contributed by atoms with E-state index in [1.807, 2.05) is 0 Å². The summed E-state index contributed by atoms with van der Waals surface area (Å²) in [5.41, 5.74) is 0.443. The molecule has 0 aromatic rings. The molecular formula is C18H36N2. The van der Waals surface area contributed by atoms with Crippen LogP contribution in [0, 0.1) is 23.2 Å². The molecule has 20 heavy (non-hydrogen) atoms. The van der Waals surface area contributed by atoms with E-state index in [-0.39, 0.29) is 0 Å². The second-order valence-electron chi connectivity index (χ2n) is 8.27. The molecule has 1 unspecified atom stereocenters. The van der Waals surface area contributed by atoms with Crippen molar-refractivity contribution in [2.45, 2.75) is 59.8 Å². The van der Waals surface area contributed by atoms with Crippen molar-refractivity contribution in [3.05, 3.63) is 0 Å². The van der Waals surface area contributed by atoms with Crippen LogP contribution in [0.3, 0.4) is 0 Å². The van der Waals surface area contributed by atoms with Crippen molar-refractivity contribution in [2.75, 3.05) is 32.7 Å². The highest BCUT2D eigenvalue weighted by atomic mass is 15.1. The van der Waals surface area contributed by atoms with Crippen molar-refractivity contribution in [3.63, 3.8) is 0 Å². The molecule has 0 aromatic carbocycles. The molecule has 118 valence electrons. The Hall–Kier alpha value is -0.0800. The summed E-state index contributed by atoms with van der Waals surface area (Å²) in [4.78, 5) is 2.80. The third kappa shape index (κ3) is 6.13. The Morgan fingerprint density at radius 1 is 1.10 bits per heavy atom. The first-order valence-corrected chi connectivity index (χ1v) is 8.94. The van der Waals surface area contributed by atoms with E-state index >= 15 is 0 Å². The van der Waals surface area contributed by atoms with Crippen LogP contribution in [0.2, 0.25) is 0 Å². The summed E-state index contributed by atoms with van der Waals surface area (Å²) >= 11 is 0. The quantitative estimate of drug-likeness (QED) is 0.620. The number of hydrogen-bond donors (Lipinski definition) is 1. The predicted molar refractivity (Wildman–Crippen MR) is 88.0 cm³/mol. The average molecular weight is 280 g/mol. The minimum Gasteiger partial charge on any atom is -0.316 e. The van der Waals surface area contributed by atoms with Crippen LogP contribution in [0.15, 0.2) is 0 Å². The van der Waals surface area contributed by atoms with Gasteiger partial charge in [-0.15, -0.1) is 0 Å². The first kappa shape index (κ1) is 16.3. The van der Waals surface area contributed by atoms with Crippen LogP contribution in [0.5, 0.6) is 0 Å². The van der Waals surface area contributed by atoms with Gasteiger partial charge in [-0.25, -0.2) is 0 Å². The summed E-state index contributed by atoms with van der Waals surface area (Å²) in [7, 11) is 0. The van der Waals surface area contributed by atoms with E-state index in [0.717, 1.165) is 24.3 Å². The van der Waals surface area contributed by atoms with Gasteiger partial charge in [0.2, 0.25) is 0 Å². The van der Waals surface area contributed by atoms with Crippen molar-refractivity contribution in [2.24, 2.45) is 23.2 Å². The van der Waals surface area contributed by atoms with Gasteiger partial charge in [-0.05, 0) is 61.8 Å². The fraction of sp³-hybridized carbons (Fsp3) is 1.00. The third-order valence-corrected chi connectivity index (χ3v) is 4.99. The fourth-order valence-corrected chi connectivity index (χ4v) is 3.03. The summed E-state index contributed by atoms with van der Waals surface area (Å²) < 4.78 is 0. The second-order valence-corrected chi connectivity index (χ2v) is 8.27. The van der Waals surface area contributed by atoms with Gasteiger partial charge in [-0.1, -0.05) is 27.7 Å². The SMILES string of the molecule is CCC(C)(CNCC(C)C)CN(CC1CC1)CC1CC1. The van der Waals surface area contributed by atoms with E-state index in [9.17, 15) is 0 Å². The molecule has 0 spiro atoms. The maximum absolute atomic E-state index is 3.69. The fourth-order valence-electron chi connectivity index (χ4n) is 3.03. The molecule has 0 aliphatic heterocycles. The highest BCUT2D eigenvalue weighted by Crippen LogP contribution is 2.35. The van der Waals surface area contributed by atoms with Gasteiger partial charge in [-0.3, -0.25) is 0 Å². The topological polar surface area (TPSA) is 15.3 Å². The summed E-state index contributed by atoms with van der Waals surface area (Å²) in [6, 6.07) is 0. The Balaban J connectivity index is 1.79. The maximum Gasteiger partial charge on any atom is 0.00476 e. The highest BCUT2D eigenvalue weighted by Gasteiger charge is 2.33. The molecule has 0 amide bonds. The normalized spacial score (nSPS) is 22.5. The lowest BCUT2D eigenvalue weighted by atomic mass is 9.86. The third-order valence-electron chi connectivity index (χ3n) is 4.99. The molecule has 0 saturated heterocycles. The van der Waals surface area contributed by atoms with E-state index in [2.05, 4.69) is 37.9 Å². The molecule has 2 aliphatic rings. The van der Waals surface area contributed by atoms with Gasteiger partial charge < -0.3 is 10.2 Å². The van der Waals surface area contributed by atoms with E-state index in [0.29, 0.717) is 5.41 Å². The molecule has 2 fully saturated rings. The molecule has 0 aromatic heterocycles. The van der Waals surface area contributed by atoms with Gasteiger partial charge in [0.25, 0.3) is 0 Å². The summed E-state index contributed by atoms with van der Waals surface area (Å²) in [6.07, 6.45) is 7.21. The molecule has 2 saturated carbocycles. The zero-order valence-corrected chi connectivity index (χ0v) is 14.3. The van der Waals surface area contributed by atoms with E-state index < -0.39 is 0 Å². The Labute approximate surface area is 126 Å². The Kier molecular flexibility index (Phi) is 5.92. The van der Waals surface area contributed by atoms with Crippen molar-refractivity contribution in [1.82, 2.24) is 10.2 Å². The maximum atomic E-state index is 3.69. The van der Waals surface area contributed by atoms with Gasteiger partial charge in [-0.2, -0.15) is 0 Å². The van der Waals surface area contributed by atoms with Crippen LogP contribution in [0.25, 0.3) is 0 Å². The van der Waals surface area contributed by atoms with Gasteiger partial charge in [0.1, 0.15) is 0 Å². The van der Waals surface area contributed by atoms with Crippen LogP contribution in [-0.4, -0.2) is 37.6 Å². The Morgan fingerprint density at radius 2 is 1.65 bits per heavy atom. The monoisotopic (exact) mass is 280 g/mol. The molecule has 1 N–H and O–H groups in total. The summed E-state index contributed by atoms with van der Waals surface area (Å²) in [6.45, 7) is 15.8. The first-order chi connectivity index (χ1) is 9.50. The zero-order valence-electron chi connectivity index (χ0n) is 14.3. The lowest BCUT2D eigenvalue weighted by Gasteiger charge is -2.35. The second kappa shape index (κ2) is 7.26. The minimum absolute atomic E-state index is 0.443. The Morgan fingerprint density at radius 3 is 2.05 bits per heavy atom. The first-order valence-electron chi connectivity index (χ1n) is 8.94. The molecular weight excluding hydrogens is 244 g/mol. The number of hydrogen-bond acceptors (Lipinski definition) is 2. The highest BCUT2D eigenvalue weighted by molar-refractivity contribution is 4.87. The predicted octanol–water partition coefficient (Wildman–Crippen LogP) is 3.77. The van der Waals surface area contributed by atoms with Crippen molar-refractivity contribution in [3.8, 4) is 0 Å². The Bertz CT molecular complexity index is 267. The number of nitrogens with one attached hydrogen (secondary N) is 1. The molecule has 2 nitrogen and oxygen atoms in total. The molecule has 0 heterocycles. The molecule has 0 bridgehead atoms. The number of rotatable bonds is 11. The zero-order chi connectivity index (χ0) is 14.6. The summed E-state index contributed by atoms with van der Waals surface area (Å²) in [5.74, 6) is 2.81. The lowest BCUT2D eigenvalue weighted by Crippen LogP contribution is -2.44. The van der Waals surface area contributed by atoms with E-state index in [4.69, 9.17) is 0 Å². The number of nitrogens with zero attached hydrogens (tertiary/aromatic N) is 1. The summed E-state index contributed by atoms with van der Waals surface area (Å²) in [5, 5.41) is 3.69. The lowest BCUT2D eigenvalue weighted by molar-refractivity contribution is 0.144. The largest absolute Gasteiger partial charge is 0.316 e. The van der Waals surface area contributed by atoms with Crippen LogP contribution in [-0.2, 0) is 0 Å². The van der Waals surface area contributed by atoms with E-state index in [1.165, 1.54) is 58.3 Å². The molecule has 1 atom stereocenters. The average Bonchev–Trinajstić information content (AvgIpc) is 3.25. The van der Waals surface area contributed by atoms with Crippen molar-refractivity contribution >= 4 is 0 Å². The van der Waals surface area contributed by atoms with Crippen molar-refractivity contribution < 1.29 is 0 Å². The smallest absolute Gasteiger partial charge is 0.00476 e. The molecule has 0 radical (unpaired) electrons. The van der Waals surface area contributed by atoms with Gasteiger partial charge in [0, 0.05) is 26.2 Å². The van der Waals surface area contributed by atoms with E-state index in [1.54, 1.807) is 0 Å². The minimum atomic E-state index is 0.443.